The predicted molar refractivity (Wildman–Crippen MR) is 60.8 cm³/mol. The maximum Gasteiger partial charge on any atom is 0.407 e. The fourth-order valence-corrected chi connectivity index (χ4v) is 0.812. The van der Waals surface area contributed by atoms with Gasteiger partial charge < -0.3 is 10.1 Å². The van der Waals surface area contributed by atoms with Crippen LogP contribution in [0.5, 0.6) is 0 Å². The Balaban J connectivity index is 3.66. The Morgan fingerprint density at radius 2 is 1.71 bits per heavy atom. The molecule has 0 fully saturated rings. The SMILES string of the molecule is CC(=O)NNC(=O)CCNC(=O)OC(C)(C)C. The first-order valence-electron chi connectivity index (χ1n) is 5.23. The maximum absolute atomic E-state index is 11.2. The van der Waals surface area contributed by atoms with Gasteiger partial charge in [0.25, 0.3) is 0 Å². The van der Waals surface area contributed by atoms with Gasteiger partial charge in [0.05, 0.1) is 0 Å². The Morgan fingerprint density at radius 3 is 2.18 bits per heavy atom. The van der Waals surface area contributed by atoms with Gasteiger partial charge in [-0.1, -0.05) is 0 Å². The molecule has 0 bridgehead atoms. The van der Waals surface area contributed by atoms with Crippen molar-refractivity contribution in [1.82, 2.24) is 16.2 Å². The lowest BCUT2D eigenvalue weighted by molar-refractivity contribution is -0.127. The van der Waals surface area contributed by atoms with Crippen LogP contribution in [0.4, 0.5) is 4.79 Å². The van der Waals surface area contributed by atoms with Crippen LogP contribution in [0, 0.1) is 0 Å². The largest absolute Gasteiger partial charge is 0.444 e. The van der Waals surface area contributed by atoms with Gasteiger partial charge in [0.15, 0.2) is 0 Å². The molecule has 0 aromatic heterocycles. The average molecular weight is 245 g/mol. The van der Waals surface area contributed by atoms with E-state index in [1.165, 1.54) is 6.92 Å². The van der Waals surface area contributed by atoms with Gasteiger partial charge in [-0.05, 0) is 20.8 Å². The number of hydrogen-bond donors (Lipinski definition) is 3. The van der Waals surface area contributed by atoms with Crippen LogP contribution < -0.4 is 16.2 Å². The van der Waals surface area contributed by atoms with E-state index < -0.39 is 17.6 Å². The van der Waals surface area contributed by atoms with Crippen LogP contribution in [0.25, 0.3) is 0 Å². The number of rotatable bonds is 3. The van der Waals surface area contributed by atoms with Crippen molar-refractivity contribution < 1.29 is 19.1 Å². The van der Waals surface area contributed by atoms with E-state index in [1.54, 1.807) is 20.8 Å². The molecule has 98 valence electrons. The molecule has 0 unspecified atom stereocenters. The van der Waals surface area contributed by atoms with E-state index in [2.05, 4.69) is 16.2 Å². The maximum atomic E-state index is 11.2. The molecule has 0 heterocycles. The van der Waals surface area contributed by atoms with Gasteiger partial charge in [-0.15, -0.1) is 0 Å². The van der Waals surface area contributed by atoms with E-state index in [0.717, 1.165) is 0 Å². The summed E-state index contributed by atoms with van der Waals surface area (Å²) < 4.78 is 4.97. The minimum Gasteiger partial charge on any atom is -0.444 e. The number of amides is 3. The van der Waals surface area contributed by atoms with Crippen LogP contribution in [0.1, 0.15) is 34.1 Å². The number of carbonyl (C=O) groups is 3. The molecule has 0 atom stereocenters. The predicted octanol–water partition coefficient (Wildman–Crippen LogP) is 0.0685. The first kappa shape index (κ1) is 15.2. The molecular formula is C10H19N3O4. The summed E-state index contributed by atoms with van der Waals surface area (Å²) in [5.74, 6) is -0.755. The smallest absolute Gasteiger partial charge is 0.407 e. The van der Waals surface area contributed by atoms with Gasteiger partial charge in [0.2, 0.25) is 11.8 Å². The lowest BCUT2D eigenvalue weighted by Gasteiger charge is -2.19. The Bertz CT molecular complexity index is 296. The molecule has 0 radical (unpaired) electrons. The molecule has 0 rings (SSSR count). The number of carbonyl (C=O) groups excluding carboxylic acids is 3. The summed E-state index contributed by atoms with van der Waals surface area (Å²) in [7, 11) is 0. The molecule has 3 N–H and O–H groups in total. The minimum atomic E-state index is -0.579. The number of hydrogen-bond acceptors (Lipinski definition) is 4. The molecule has 0 aliphatic carbocycles. The first-order chi connectivity index (χ1) is 7.70. The van der Waals surface area contributed by atoms with E-state index in [0.29, 0.717) is 0 Å². The second-order valence-corrected chi connectivity index (χ2v) is 4.41. The summed E-state index contributed by atoms with van der Waals surface area (Å²) in [6.07, 6.45) is -0.524. The second-order valence-electron chi connectivity index (χ2n) is 4.41. The summed E-state index contributed by atoms with van der Waals surface area (Å²) in [6, 6.07) is 0. The van der Waals surface area contributed by atoms with Crippen LogP contribution in [-0.2, 0) is 14.3 Å². The number of hydrazine groups is 1. The van der Waals surface area contributed by atoms with E-state index in [9.17, 15) is 14.4 Å². The van der Waals surface area contributed by atoms with Crippen LogP contribution in [0.3, 0.4) is 0 Å². The van der Waals surface area contributed by atoms with Gasteiger partial charge in [0, 0.05) is 19.9 Å². The van der Waals surface area contributed by atoms with Crippen LogP contribution in [0.2, 0.25) is 0 Å². The normalized spacial score (nSPS) is 10.4. The van der Waals surface area contributed by atoms with E-state index in [4.69, 9.17) is 4.74 Å². The average Bonchev–Trinajstić information content (AvgIpc) is 2.11. The first-order valence-corrected chi connectivity index (χ1v) is 5.23. The molecule has 0 aromatic carbocycles. The van der Waals surface area contributed by atoms with E-state index >= 15 is 0 Å². The number of ether oxygens (including phenoxy) is 1. The van der Waals surface area contributed by atoms with E-state index in [-0.39, 0.29) is 18.9 Å². The number of nitrogens with one attached hydrogen (secondary N) is 3. The highest BCUT2D eigenvalue weighted by Gasteiger charge is 2.15. The fraction of sp³-hybridized carbons (Fsp3) is 0.700. The monoisotopic (exact) mass is 245 g/mol. The molecule has 17 heavy (non-hydrogen) atoms. The third-order valence-corrected chi connectivity index (χ3v) is 1.40. The summed E-state index contributed by atoms with van der Waals surface area (Å²) in [5.41, 5.74) is 3.75. The van der Waals surface area contributed by atoms with Gasteiger partial charge >= 0.3 is 6.09 Å². The van der Waals surface area contributed by atoms with Crippen molar-refractivity contribution in [2.45, 2.75) is 39.7 Å². The summed E-state index contributed by atoms with van der Waals surface area (Å²) in [6.45, 7) is 6.65. The van der Waals surface area contributed by atoms with Gasteiger partial charge in [0.1, 0.15) is 5.60 Å². The third-order valence-electron chi connectivity index (χ3n) is 1.40. The molecular weight excluding hydrogens is 226 g/mol. The molecule has 0 spiro atoms. The molecule has 0 saturated heterocycles. The van der Waals surface area contributed by atoms with Crippen LogP contribution in [0.15, 0.2) is 0 Å². The standard InChI is InChI=1S/C10H19N3O4/c1-7(14)12-13-8(15)5-6-11-9(16)17-10(2,3)4/h5-6H2,1-4H3,(H,11,16)(H,12,14)(H,13,15). The zero-order valence-corrected chi connectivity index (χ0v) is 10.5. The molecule has 0 aromatic rings. The zero-order valence-electron chi connectivity index (χ0n) is 10.5. The summed E-state index contributed by atoms with van der Waals surface area (Å²) in [5, 5.41) is 2.42. The summed E-state index contributed by atoms with van der Waals surface area (Å²) >= 11 is 0. The molecule has 7 nitrogen and oxygen atoms in total. The highest BCUT2D eigenvalue weighted by Crippen LogP contribution is 2.06. The minimum absolute atomic E-state index is 0.0551. The highest BCUT2D eigenvalue weighted by molar-refractivity contribution is 5.81. The molecule has 7 heteroatoms. The van der Waals surface area contributed by atoms with Crippen molar-refractivity contribution in [3.8, 4) is 0 Å². The van der Waals surface area contributed by atoms with Crippen molar-refractivity contribution >= 4 is 17.9 Å². The van der Waals surface area contributed by atoms with Crippen LogP contribution in [-0.4, -0.2) is 30.1 Å². The third kappa shape index (κ3) is 10.5. The second kappa shape index (κ2) is 6.72. The molecule has 0 aliphatic heterocycles. The lowest BCUT2D eigenvalue weighted by atomic mass is 10.2. The van der Waals surface area contributed by atoms with Crippen LogP contribution >= 0.6 is 0 Å². The Morgan fingerprint density at radius 1 is 1.12 bits per heavy atom. The molecule has 0 aliphatic rings. The Hall–Kier alpha value is -1.79. The lowest BCUT2D eigenvalue weighted by Crippen LogP contribution is -2.42. The van der Waals surface area contributed by atoms with Crippen molar-refractivity contribution in [3.63, 3.8) is 0 Å². The molecule has 3 amide bonds. The summed E-state index contributed by atoms with van der Waals surface area (Å²) in [4.78, 5) is 32.7. The molecule has 0 saturated carbocycles. The van der Waals surface area contributed by atoms with Gasteiger partial charge in [-0.2, -0.15) is 0 Å². The highest BCUT2D eigenvalue weighted by atomic mass is 16.6. The van der Waals surface area contributed by atoms with Gasteiger partial charge in [-0.25, -0.2) is 4.79 Å². The topological polar surface area (TPSA) is 96.5 Å². The Labute approximate surface area is 100 Å². The van der Waals surface area contributed by atoms with Crippen molar-refractivity contribution in [1.29, 1.82) is 0 Å². The van der Waals surface area contributed by atoms with Crippen molar-refractivity contribution in [2.24, 2.45) is 0 Å². The van der Waals surface area contributed by atoms with Crippen molar-refractivity contribution in [2.75, 3.05) is 6.54 Å². The Kier molecular flexibility index (Phi) is 6.01. The van der Waals surface area contributed by atoms with Gasteiger partial charge in [-0.3, -0.25) is 20.4 Å². The number of alkyl carbamates (subject to hydrolysis) is 1. The quantitative estimate of drug-likeness (QED) is 0.613. The van der Waals surface area contributed by atoms with Crippen molar-refractivity contribution in [3.05, 3.63) is 0 Å². The van der Waals surface area contributed by atoms with E-state index in [1.807, 2.05) is 0 Å². The zero-order chi connectivity index (χ0) is 13.5. The fourth-order valence-electron chi connectivity index (χ4n) is 0.812.